The van der Waals surface area contributed by atoms with Crippen LogP contribution in [-0.2, 0) is 10.0 Å². The Morgan fingerprint density at radius 3 is 2.62 bits per heavy atom. The quantitative estimate of drug-likeness (QED) is 0.661. The lowest BCUT2D eigenvalue weighted by atomic mass is 10.3. The van der Waals surface area contributed by atoms with Crippen molar-refractivity contribution in [1.29, 1.82) is 0 Å². The second-order valence-electron chi connectivity index (χ2n) is 4.75. The predicted molar refractivity (Wildman–Crippen MR) is 90.0 cm³/mol. The second-order valence-corrected chi connectivity index (χ2v) is 7.34. The molecule has 0 fully saturated rings. The van der Waals surface area contributed by atoms with Crippen molar-refractivity contribution >= 4 is 48.4 Å². The lowest BCUT2D eigenvalue weighted by Gasteiger charge is -2.05. The minimum atomic E-state index is -3.82. The zero-order chi connectivity index (χ0) is 17.3. The van der Waals surface area contributed by atoms with Gasteiger partial charge in [-0.05, 0) is 30.3 Å². The van der Waals surface area contributed by atoms with Gasteiger partial charge in [0.25, 0.3) is 0 Å². The molecule has 2 amide bonds. The Morgan fingerprint density at radius 1 is 1.17 bits per heavy atom. The van der Waals surface area contributed by atoms with Gasteiger partial charge < -0.3 is 5.32 Å². The number of nitrogens with zero attached hydrogens (tertiary/aromatic N) is 1. The van der Waals surface area contributed by atoms with Crippen LogP contribution in [0.1, 0.15) is 0 Å². The molecule has 0 aliphatic rings. The SMILES string of the molecule is NS(=O)(=O)c1ccc2nc(NC(=O)Nc3ccccc3F)sc2c1. The second kappa shape index (κ2) is 6.15. The first-order chi connectivity index (χ1) is 11.3. The number of urea groups is 1. The number of hydrogen-bond acceptors (Lipinski definition) is 5. The monoisotopic (exact) mass is 366 g/mol. The molecule has 0 spiro atoms. The Bertz CT molecular complexity index is 1030. The van der Waals surface area contributed by atoms with E-state index in [-0.39, 0.29) is 15.7 Å². The van der Waals surface area contributed by atoms with Crippen LogP contribution >= 0.6 is 11.3 Å². The molecular weight excluding hydrogens is 355 g/mol. The van der Waals surface area contributed by atoms with Crippen molar-refractivity contribution in [2.24, 2.45) is 5.14 Å². The normalized spacial score (nSPS) is 11.4. The van der Waals surface area contributed by atoms with E-state index in [1.54, 1.807) is 6.07 Å². The smallest absolute Gasteiger partial charge is 0.305 e. The summed E-state index contributed by atoms with van der Waals surface area (Å²) in [7, 11) is -3.82. The summed E-state index contributed by atoms with van der Waals surface area (Å²) in [5.74, 6) is -0.560. The van der Waals surface area contributed by atoms with Gasteiger partial charge in [-0.3, -0.25) is 5.32 Å². The molecule has 10 heteroatoms. The van der Waals surface area contributed by atoms with Crippen molar-refractivity contribution in [3.05, 3.63) is 48.3 Å². The molecule has 1 aromatic heterocycles. The van der Waals surface area contributed by atoms with Crippen LogP contribution in [0.15, 0.2) is 47.4 Å². The number of para-hydroxylation sites is 1. The van der Waals surface area contributed by atoms with Crippen LogP contribution in [0.4, 0.5) is 20.0 Å². The van der Waals surface area contributed by atoms with Gasteiger partial charge in [0.1, 0.15) is 5.82 Å². The van der Waals surface area contributed by atoms with E-state index in [0.29, 0.717) is 10.2 Å². The van der Waals surface area contributed by atoms with E-state index < -0.39 is 21.9 Å². The lowest BCUT2D eigenvalue weighted by molar-refractivity contribution is 0.262. The Labute approximate surface area is 140 Å². The van der Waals surface area contributed by atoms with Gasteiger partial charge in [-0.2, -0.15) is 0 Å². The van der Waals surface area contributed by atoms with E-state index in [0.717, 1.165) is 11.3 Å². The van der Waals surface area contributed by atoms with Gasteiger partial charge in [0.15, 0.2) is 5.13 Å². The molecule has 3 aromatic rings. The largest absolute Gasteiger partial charge is 0.325 e. The first kappa shape index (κ1) is 16.3. The molecular formula is C14H11FN4O3S2. The highest BCUT2D eigenvalue weighted by atomic mass is 32.2. The summed E-state index contributed by atoms with van der Waals surface area (Å²) in [6.45, 7) is 0. The molecule has 1 heterocycles. The van der Waals surface area contributed by atoms with Crippen molar-refractivity contribution < 1.29 is 17.6 Å². The van der Waals surface area contributed by atoms with E-state index in [9.17, 15) is 17.6 Å². The summed E-state index contributed by atoms with van der Waals surface area (Å²) < 4.78 is 36.7. The number of fused-ring (bicyclic) bond motifs is 1. The van der Waals surface area contributed by atoms with E-state index in [4.69, 9.17) is 5.14 Å². The van der Waals surface area contributed by atoms with Crippen LogP contribution in [0.5, 0.6) is 0 Å². The molecule has 7 nitrogen and oxygen atoms in total. The number of primary sulfonamides is 1. The predicted octanol–water partition coefficient (Wildman–Crippen LogP) is 2.73. The summed E-state index contributed by atoms with van der Waals surface area (Å²) >= 11 is 1.07. The fourth-order valence-electron chi connectivity index (χ4n) is 1.95. The van der Waals surface area contributed by atoms with Crippen molar-refractivity contribution in [3.63, 3.8) is 0 Å². The summed E-state index contributed by atoms with van der Waals surface area (Å²) in [6.07, 6.45) is 0. The topological polar surface area (TPSA) is 114 Å². The molecule has 2 aromatic carbocycles. The number of nitrogens with two attached hydrogens (primary N) is 1. The molecule has 4 N–H and O–H groups in total. The van der Waals surface area contributed by atoms with Crippen LogP contribution in [0.2, 0.25) is 0 Å². The van der Waals surface area contributed by atoms with Crippen molar-refractivity contribution in [1.82, 2.24) is 4.98 Å². The minimum Gasteiger partial charge on any atom is -0.305 e. The molecule has 0 unspecified atom stereocenters. The van der Waals surface area contributed by atoms with Crippen LogP contribution < -0.4 is 15.8 Å². The van der Waals surface area contributed by atoms with Gasteiger partial charge in [-0.15, -0.1) is 0 Å². The third kappa shape index (κ3) is 3.50. The van der Waals surface area contributed by atoms with E-state index in [2.05, 4.69) is 15.6 Å². The number of thiazole rings is 1. The Hall–Kier alpha value is -2.56. The number of anilines is 2. The molecule has 0 aliphatic carbocycles. The number of nitrogens with one attached hydrogen (secondary N) is 2. The average molecular weight is 366 g/mol. The average Bonchev–Trinajstić information content (AvgIpc) is 2.89. The zero-order valence-electron chi connectivity index (χ0n) is 12.0. The summed E-state index contributed by atoms with van der Waals surface area (Å²) in [5.41, 5.74) is 0.543. The van der Waals surface area contributed by atoms with E-state index >= 15 is 0 Å². The number of rotatable bonds is 3. The maximum absolute atomic E-state index is 13.5. The van der Waals surface area contributed by atoms with Crippen LogP contribution in [-0.4, -0.2) is 19.4 Å². The Balaban J connectivity index is 1.80. The molecule has 24 heavy (non-hydrogen) atoms. The summed E-state index contributed by atoms with van der Waals surface area (Å²) in [4.78, 5) is 16.0. The highest BCUT2D eigenvalue weighted by Gasteiger charge is 2.13. The Morgan fingerprint density at radius 2 is 1.92 bits per heavy atom. The molecule has 3 rings (SSSR count). The maximum atomic E-state index is 13.5. The number of sulfonamides is 1. The van der Waals surface area contributed by atoms with Gasteiger partial charge in [0.05, 0.1) is 20.8 Å². The van der Waals surface area contributed by atoms with Crippen molar-refractivity contribution in [3.8, 4) is 0 Å². The number of aromatic nitrogens is 1. The van der Waals surface area contributed by atoms with Gasteiger partial charge in [0.2, 0.25) is 10.0 Å². The van der Waals surface area contributed by atoms with Gasteiger partial charge in [-0.25, -0.2) is 27.7 Å². The van der Waals surface area contributed by atoms with Crippen molar-refractivity contribution in [2.45, 2.75) is 4.90 Å². The van der Waals surface area contributed by atoms with Crippen LogP contribution in [0.3, 0.4) is 0 Å². The molecule has 0 saturated heterocycles. The number of carbonyl (C=O) groups is 1. The first-order valence-corrected chi connectivity index (χ1v) is 8.95. The lowest BCUT2D eigenvalue weighted by Crippen LogP contribution is -2.19. The zero-order valence-corrected chi connectivity index (χ0v) is 13.6. The molecule has 0 radical (unpaired) electrons. The molecule has 0 aliphatic heterocycles. The van der Waals surface area contributed by atoms with E-state index in [1.807, 2.05) is 0 Å². The number of benzene rings is 2. The highest BCUT2D eigenvalue weighted by molar-refractivity contribution is 7.89. The third-order valence-electron chi connectivity index (χ3n) is 3.03. The van der Waals surface area contributed by atoms with Gasteiger partial charge in [0, 0.05) is 0 Å². The maximum Gasteiger partial charge on any atom is 0.325 e. The Kier molecular flexibility index (Phi) is 4.18. The fraction of sp³-hybridized carbons (Fsp3) is 0. The standard InChI is InChI=1S/C14H11FN4O3S2/c15-9-3-1-2-4-10(9)17-13(20)19-14-18-11-6-5-8(24(16,21)22)7-12(11)23-14/h1-7H,(H2,16,21,22)(H2,17,18,19,20). The van der Waals surface area contributed by atoms with Gasteiger partial charge in [-0.1, -0.05) is 23.5 Å². The fourth-order valence-corrected chi connectivity index (χ4v) is 3.46. The number of hydrogen-bond donors (Lipinski definition) is 3. The van der Waals surface area contributed by atoms with Crippen LogP contribution in [0, 0.1) is 5.82 Å². The molecule has 124 valence electrons. The van der Waals surface area contributed by atoms with Crippen molar-refractivity contribution in [2.75, 3.05) is 10.6 Å². The number of amides is 2. The molecule has 0 saturated carbocycles. The number of carbonyl (C=O) groups excluding carboxylic acids is 1. The molecule has 0 bridgehead atoms. The highest BCUT2D eigenvalue weighted by Crippen LogP contribution is 2.28. The summed E-state index contributed by atoms with van der Waals surface area (Å²) in [5, 5.41) is 10.2. The number of halogens is 1. The molecule has 0 atom stereocenters. The minimum absolute atomic E-state index is 0.0348. The van der Waals surface area contributed by atoms with Crippen LogP contribution in [0.25, 0.3) is 10.2 Å². The van der Waals surface area contributed by atoms with E-state index in [1.165, 1.54) is 36.4 Å². The first-order valence-electron chi connectivity index (χ1n) is 6.59. The summed E-state index contributed by atoms with van der Waals surface area (Å²) in [6, 6.07) is 9.29. The third-order valence-corrected chi connectivity index (χ3v) is 4.88. The van der Waals surface area contributed by atoms with Gasteiger partial charge >= 0.3 is 6.03 Å².